The van der Waals surface area contributed by atoms with Crippen LogP contribution in [0.25, 0.3) is 0 Å². The fourth-order valence-corrected chi connectivity index (χ4v) is 5.14. The van der Waals surface area contributed by atoms with Crippen molar-refractivity contribution in [3.05, 3.63) is 59.4 Å². The second-order valence-corrected chi connectivity index (χ2v) is 9.83. The van der Waals surface area contributed by atoms with Gasteiger partial charge >= 0.3 is 8.25 Å². The van der Waals surface area contributed by atoms with Crippen LogP contribution in [-0.2, 0) is 9.09 Å². The number of ether oxygens (including phenoxy) is 2. The number of hydrogen-bond donors (Lipinski definition) is 1. The Morgan fingerprint density at radius 2 is 1.84 bits per heavy atom. The lowest BCUT2D eigenvalue weighted by Crippen LogP contribution is -2.20. The van der Waals surface area contributed by atoms with Gasteiger partial charge in [-0.05, 0) is 97.7 Å². The molecule has 0 radical (unpaired) electrons. The summed E-state index contributed by atoms with van der Waals surface area (Å²) in [6, 6.07) is 13.0. The summed E-state index contributed by atoms with van der Waals surface area (Å²) in [6.07, 6.45) is 6.15. The molecule has 2 unspecified atom stereocenters. The predicted octanol–water partition coefficient (Wildman–Crippen LogP) is 6.08. The minimum atomic E-state index is -2.92. The maximum atomic E-state index is 14.3. The summed E-state index contributed by atoms with van der Waals surface area (Å²) in [7, 11) is -1.31. The Kier molecular flexibility index (Phi) is 7.88. The van der Waals surface area contributed by atoms with Crippen LogP contribution in [0.4, 0.5) is 4.39 Å². The molecule has 2 atom stereocenters. The van der Waals surface area contributed by atoms with Gasteiger partial charge in [0.05, 0.1) is 20.3 Å². The van der Waals surface area contributed by atoms with E-state index in [0.29, 0.717) is 24.2 Å². The van der Waals surface area contributed by atoms with Gasteiger partial charge in [0, 0.05) is 5.92 Å². The monoisotopic (exact) mass is 462 g/mol. The van der Waals surface area contributed by atoms with E-state index in [1.165, 1.54) is 6.07 Å². The van der Waals surface area contributed by atoms with Crippen molar-refractivity contribution in [3.8, 4) is 11.5 Å². The van der Waals surface area contributed by atoms with Crippen LogP contribution in [0.3, 0.4) is 0 Å². The van der Waals surface area contributed by atoms with Crippen molar-refractivity contribution in [1.82, 2.24) is 0 Å². The summed E-state index contributed by atoms with van der Waals surface area (Å²) in [5.74, 6) is 2.70. The normalized spacial score (nSPS) is 22.8. The minimum absolute atomic E-state index is 0.132. The number of benzene rings is 2. The Labute approximate surface area is 189 Å². The van der Waals surface area contributed by atoms with Gasteiger partial charge < -0.3 is 18.9 Å². The van der Waals surface area contributed by atoms with Gasteiger partial charge in [-0.3, -0.25) is 4.57 Å². The van der Waals surface area contributed by atoms with Crippen LogP contribution in [-0.4, -0.2) is 25.2 Å². The van der Waals surface area contributed by atoms with Gasteiger partial charge in [0.1, 0.15) is 17.3 Å². The molecule has 0 heterocycles. The van der Waals surface area contributed by atoms with E-state index in [4.69, 9.17) is 18.9 Å². The molecule has 2 fully saturated rings. The minimum Gasteiger partial charge on any atom is -0.497 e. The van der Waals surface area contributed by atoms with Crippen LogP contribution in [0.2, 0.25) is 0 Å². The van der Waals surface area contributed by atoms with Crippen molar-refractivity contribution in [2.75, 3.05) is 20.3 Å². The Balaban J connectivity index is 1.30. The standard InChI is InChI=1S/C25H32FO5P/c1-29-21-11-12-25(26)23(14-21)18-7-5-17(6-8-18)15-30-22-4-2-3-20(13-22)24(19-9-10-19)16-31-32(27)28/h2-4,11-14,17-19,24,32H,5-10,15-16H2,1H3,(H,27,28)/t17-,18-,24?. The van der Waals surface area contributed by atoms with Crippen LogP contribution < -0.4 is 9.47 Å². The molecule has 2 aliphatic rings. The van der Waals surface area contributed by atoms with Crippen LogP contribution in [0, 0.1) is 17.7 Å². The third-order valence-corrected chi connectivity index (χ3v) is 7.25. The summed E-state index contributed by atoms with van der Waals surface area (Å²) in [6.45, 7) is 0.916. The number of methoxy groups -OCH3 is 1. The van der Waals surface area contributed by atoms with E-state index in [1.54, 1.807) is 13.2 Å². The first-order valence-corrected chi connectivity index (χ1v) is 12.7. The van der Waals surface area contributed by atoms with Crippen LogP contribution in [0.15, 0.2) is 42.5 Å². The molecule has 2 saturated carbocycles. The molecular formula is C25H32FO5P. The van der Waals surface area contributed by atoms with E-state index in [9.17, 15) is 8.96 Å². The molecule has 4 rings (SSSR count). The molecular weight excluding hydrogens is 430 g/mol. The molecule has 7 heteroatoms. The lowest BCUT2D eigenvalue weighted by Gasteiger charge is -2.29. The Hall–Kier alpha value is -1.88. The molecule has 0 spiro atoms. The highest BCUT2D eigenvalue weighted by Crippen LogP contribution is 2.44. The zero-order valence-electron chi connectivity index (χ0n) is 18.5. The van der Waals surface area contributed by atoms with Crippen molar-refractivity contribution in [2.45, 2.75) is 50.4 Å². The number of rotatable bonds is 10. The van der Waals surface area contributed by atoms with Gasteiger partial charge in [-0.25, -0.2) is 4.39 Å². The van der Waals surface area contributed by atoms with Gasteiger partial charge in [-0.2, -0.15) is 0 Å². The molecule has 174 valence electrons. The van der Waals surface area contributed by atoms with Crippen LogP contribution in [0.5, 0.6) is 11.5 Å². The summed E-state index contributed by atoms with van der Waals surface area (Å²) in [5.41, 5.74) is 1.86. The van der Waals surface area contributed by atoms with E-state index < -0.39 is 8.25 Å². The fraction of sp³-hybridized carbons (Fsp3) is 0.520. The van der Waals surface area contributed by atoms with Crippen LogP contribution in [0.1, 0.15) is 61.5 Å². The van der Waals surface area contributed by atoms with E-state index in [0.717, 1.165) is 55.4 Å². The van der Waals surface area contributed by atoms with Gasteiger partial charge in [0.15, 0.2) is 0 Å². The molecule has 0 aromatic heterocycles. The molecule has 2 aliphatic carbocycles. The molecule has 5 nitrogen and oxygen atoms in total. The lowest BCUT2D eigenvalue weighted by molar-refractivity contribution is 0.198. The first kappa shape index (κ1) is 23.3. The van der Waals surface area contributed by atoms with E-state index in [1.807, 2.05) is 30.3 Å². The highest BCUT2D eigenvalue weighted by molar-refractivity contribution is 7.32. The van der Waals surface area contributed by atoms with Gasteiger partial charge in [0.2, 0.25) is 0 Å². The molecule has 0 bridgehead atoms. The maximum Gasteiger partial charge on any atom is 0.316 e. The third kappa shape index (κ3) is 6.12. The Morgan fingerprint density at radius 3 is 2.53 bits per heavy atom. The second-order valence-electron chi connectivity index (χ2n) is 9.01. The fourth-order valence-electron chi connectivity index (χ4n) is 4.81. The topological polar surface area (TPSA) is 65.0 Å². The van der Waals surface area contributed by atoms with Crippen LogP contribution >= 0.6 is 8.25 Å². The summed E-state index contributed by atoms with van der Waals surface area (Å²) < 4.78 is 41.7. The van der Waals surface area contributed by atoms with Crippen molar-refractivity contribution >= 4 is 8.25 Å². The SMILES string of the molecule is COc1ccc(F)c([C@H]2CC[C@H](COc3cccc(C(CO[PH](=O)O)C4CC4)c3)CC2)c1. The highest BCUT2D eigenvalue weighted by Gasteiger charge is 2.33. The molecule has 1 N–H and O–H groups in total. The van der Waals surface area contributed by atoms with E-state index >= 15 is 0 Å². The first-order chi connectivity index (χ1) is 15.5. The molecule has 2 aromatic carbocycles. The largest absolute Gasteiger partial charge is 0.497 e. The summed E-state index contributed by atoms with van der Waals surface area (Å²) >= 11 is 0. The molecule has 0 aliphatic heterocycles. The number of halogens is 1. The summed E-state index contributed by atoms with van der Waals surface area (Å²) in [4.78, 5) is 9.04. The highest BCUT2D eigenvalue weighted by atomic mass is 31.1. The maximum absolute atomic E-state index is 14.3. The zero-order valence-corrected chi connectivity index (χ0v) is 19.5. The molecule has 2 aromatic rings. The molecule has 32 heavy (non-hydrogen) atoms. The average molecular weight is 462 g/mol. The quantitative estimate of drug-likeness (QED) is 0.434. The molecule has 0 amide bonds. The third-order valence-electron chi connectivity index (χ3n) is 6.84. The Bertz CT molecular complexity index is 924. The smallest absolute Gasteiger partial charge is 0.316 e. The first-order valence-electron chi connectivity index (χ1n) is 11.5. The second kappa shape index (κ2) is 10.8. The Morgan fingerprint density at radius 1 is 1.06 bits per heavy atom. The van der Waals surface area contributed by atoms with Gasteiger partial charge in [0.25, 0.3) is 0 Å². The van der Waals surface area contributed by atoms with Gasteiger partial charge in [-0.15, -0.1) is 0 Å². The van der Waals surface area contributed by atoms with Crippen molar-refractivity contribution in [1.29, 1.82) is 0 Å². The summed E-state index contributed by atoms with van der Waals surface area (Å²) in [5, 5.41) is 0. The van der Waals surface area contributed by atoms with Crippen molar-refractivity contribution in [2.24, 2.45) is 11.8 Å². The predicted molar refractivity (Wildman–Crippen MR) is 122 cm³/mol. The average Bonchev–Trinajstić information content (AvgIpc) is 3.64. The number of hydrogen-bond acceptors (Lipinski definition) is 4. The zero-order chi connectivity index (χ0) is 22.5. The van der Waals surface area contributed by atoms with Gasteiger partial charge in [-0.1, -0.05) is 12.1 Å². The van der Waals surface area contributed by atoms with E-state index in [-0.39, 0.29) is 24.3 Å². The van der Waals surface area contributed by atoms with Crippen molar-refractivity contribution in [3.63, 3.8) is 0 Å². The molecule has 0 saturated heterocycles. The van der Waals surface area contributed by atoms with Crippen molar-refractivity contribution < 1.29 is 27.8 Å². The lowest BCUT2D eigenvalue weighted by atomic mass is 9.79. The van der Waals surface area contributed by atoms with E-state index in [2.05, 4.69) is 0 Å².